The molecule has 1 unspecified atom stereocenters. The lowest BCUT2D eigenvalue weighted by atomic mass is 11.2. The van der Waals surface area contributed by atoms with E-state index < -0.39 is 14.1 Å². The molecule has 0 aromatic carbocycles. The summed E-state index contributed by atoms with van der Waals surface area (Å²) in [7, 11) is -0.886. The minimum atomic E-state index is -3.50. The third kappa shape index (κ3) is 4.90. The normalized spacial score (nSPS) is 17.3. The molecule has 0 saturated heterocycles. The molecule has 1 N–H and O–H groups in total. The van der Waals surface area contributed by atoms with Gasteiger partial charge in [-0.15, -0.1) is 0 Å². The van der Waals surface area contributed by atoms with E-state index in [1.807, 2.05) is 0 Å². The molecule has 0 aromatic rings. The van der Waals surface area contributed by atoms with Gasteiger partial charge in [0.15, 0.2) is 0 Å². The van der Waals surface area contributed by atoms with Gasteiger partial charge >= 0.3 is 7.60 Å². The fourth-order valence-corrected chi connectivity index (χ4v) is 0.834. The SMILES string of the molecule is COC(OC)OP(C)(=O)O. The molecule has 62 valence electrons. The van der Waals surface area contributed by atoms with E-state index in [-0.39, 0.29) is 0 Å². The van der Waals surface area contributed by atoms with Crippen molar-refractivity contribution in [3.05, 3.63) is 0 Å². The van der Waals surface area contributed by atoms with Crippen molar-refractivity contribution in [2.24, 2.45) is 0 Å². The van der Waals surface area contributed by atoms with Crippen LogP contribution in [-0.4, -0.2) is 32.3 Å². The molecular formula is C4H11O5P. The first-order valence-corrected chi connectivity index (χ1v) is 4.56. The molecule has 0 aliphatic rings. The molecule has 1 atom stereocenters. The molecular weight excluding hydrogens is 159 g/mol. The van der Waals surface area contributed by atoms with E-state index >= 15 is 0 Å². The fourth-order valence-electron chi connectivity index (χ4n) is 0.342. The Labute approximate surface area is 59.4 Å². The van der Waals surface area contributed by atoms with Gasteiger partial charge in [-0.2, -0.15) is 0 Å². The minimum Gasteiger partial charge on any atom is -0.333 e. The summed E-state index contributed by atoms with van der Waals surface area (Å²) >= 11 is 0. The van der Waals surface area contributed by atoms with Crippen LogP contribution in [0.2, 0.25) is 0 Å². The van der Waals surface area contributed by atoms with Crippen molar-refractivity contribution in [3.63, 3.8) is 0 Å². The molecule has 0 aliphatic heterocycles. The van der Waals surface area contributed by atoms with Crippen LogP contribution in [0, 0.1) is 0 Å². The summed E-state index contributed by atoms with van der Waals surface area (Å²) in [5.41, 5.74) is 0. The zero-order valence-electron chi connectivity index (χ0n) is 6.10. The molecule has 10 heavy (non-hydrogen) atoms. The average Bonchev–Trinajstić information content (AvgIpc) is 1.81. The summed E-state index contributed by atoms with van der Waals surface area (Å²) in [6.07, 6.45) is 0. The second kappa shape index (κ2) is 4.05. The Bertz CT molecular complexity index is 126. The Morgan fingerprint density at radius 3 is 1.90 bits per heavy atom. The van der Waals surface area contributed by atoms with Gasteiger partial charge in [-0.1, -0.05) is 0 Å². The second-order valence-electron chi connectivity index (χ2n) is 1.67. The molecule has 0 saturated carbocycles. The Morgan fingerprint density at radius 2 is 1.80 bits per heavy atom. The molecule has 0 rings (SSSR count). The van der Waals surface area contributed by atoms with Crippen LogP contribution in [0.15, 0.2) is 0 Å². The summed E-state index contributed by atoms with van der Waals surface area (Å²) in [4.78, 5) is 8.62. The van der Waals surface area contributed by atoms with Crippen LogP contribution in [0.1, 0.15) is 0 Å². The number of hydrogen-bond donors (Lipinski definition) is 1. The molecule has 0 aromatic heterocycles. The number of hydrogen-bond acceptors (Lipinski definition) is 4. The van der Waals surface area contributed by atoms with Gasteiger partial charge in [0.2, 0.25) is 0 Å². The number of methoxy groups -OCH3 is 2. The highest BCUT2D eigenvalue weighted by Gasteiger charge is 2.17. The van der Waals surface area contributed by atoms with Crippen molar-refractivity contribution < 1.29 is 23.5 Å². The molecule has 5 nitrogen and oxygen atoms in total. The summed E-state index contributed by atoms with van der Waals surface area (Å²) in [6, 6.07) is 0. The van der Waals surface area contributed by atoms with E-state index in [4.69, 9.17) is 4.89 Å². The van der Waals surface area contributed by atoms with Gasteiger partial charge < -0.3 is 14.4 Å². The predicted molar refractivity (Wildman–Crippen MR) is 34.6 cm³/mol. The van der Waals surface area contributed by atoms with Gasteiger partial charge in [0.1, 0.15) is 0 Å². The van der Waals surface area contributed by atoms with Crippen molar-refractivity contribution in [1.82, 2.24) is 0 Å². The highest BCUT2D eigenvalue weighted by Crippen LogP contribution is 2.38. The molecule has 0 heterocycles. The van der Waals surface area contributed by atoms with Crippen molar-refractivity contribution in [2.45, 2.75) is 6.48 Å². The fraction of sp³-hybridized carbons (Fsp3) is 1.00. The smallest absolute Gasteiger partial charge is 0.329 e. The summed E-state index contributed by atoms with van der Waals surface area (Å²) in [5.74, 6) is 0. The zero-order valence-corrected chi connectivity index (χ0v) is 7.00. The van der Waals surface area contributed by atoms with Crippen LogP contribution in [0.25, 0.3) is 0 Å². The maximum Gasteiger partial charge on any atom is 0.329 e. The monoisotopic (exact) mass is 170 g/mol. The number of ether oxygens (including phenoxy) is 2. The van der Waals surface area contributed by atoms with Gasteiger partial charge in [-0.3, -0.25) is 9.09 Å². The molecule has 0 amide bonds. The maximum absolute atomic E-state index is 10.5. The lowest BCUT2D eigenvalue weighted by Crippen LogP contribution is -2.15. The van der Waals surface area contributed by atoms with Crippen molar-refractivity contribution in [3.8, 4) is 0 Å². The minimum absolute atomic E-state index is 1.05. The Kier molecular flexibility index (Phi) is 4.08. The third-order valence-corrected chi connectivity index (χ3v) is 1.23. The van der Waals surface area contributed by atoms with Crippen LogP contribution in [0.3, 0.4) is 0 Å². The second-order valence-corrected chi connectivity index (χ2v) is 3.49. The highest BCUT2D eigenvalue weighted by molar-refractivity contribution is 7.51. The Morgan fingerprint density at radius 1 is 1.40 bits per heavy atom. The Balaban J connectivity index is 3.75. The van der Waals surface area contributed by atoms with Crippen molar-refractivity contribution in [1.29, 1.82) is 0 Å². The first-order chi connectivity index (χ1) is 4.49. The molecule has 0 spiro atoms. The molecule has 0 radical (unpaired) electrons. The van der Waals surface area contributed by atoms with Gasteiger partial charge in [0.05, 0.1) is 0 Å². The standard InChI is InChI=1S/C4H11O5P/c1-7-4(8-2)9-10(3,5)6/h4H,1-3H3,(H,5,6). The topological polar surface area (TPSA) is 65.0 Å². The van der Waals surface area contributed by atoms with E-state index in [2.05, 4.69) is 14.0 Å². The van der Waals surface area contributed by atoms with Crippen LogP contribution in [0.5, 0.6) is 0 Å². The van der Waals surface area contributed by atoms with Gasteiger partial charge in [-0.05, 0) is 0 Å². The van der Waals surface area contributed by atoms with Crippen LogP contribution >= 0.6 is 7.60 Å². The van der Waals surface area contributed by atoms with E-state index in [0.717, 1.165) is 6.66 Å². The van der Waals surface area contributed by atoms with Gasteiger partial charge in [-0.25, -0.2) is 0 Å². The summed E-state index contributed by atoms with van der Waals surface area (Å²) in [5, 5.41) is 0. The quantitative estimate of drug-likeness (QED) is 0.488. The van der Waals surface area contributed by atoms with Crippen LogP contribution < -0.4 is 0 Å². The molecule has 0 aliphatic carbocycles. The lowest BCUT2D eigenvalue weighted by molar-refractivity contribution is -0.221. The highest BCUT2D eigenvalue weighted by atomic mass is 31.2. The van der Waals surface area contributed by atoms with Crippen LogP contribution in [0.4, 0.5) is 0 Å². The first kappa shape index (κ1) is 10.1. The first-order valence-electron chi connectivity index (χ1n) is 2.54. The van der Waals surface area contributed by atoms with Gasteiger partial charge in [0.25, 0.3) is 6.48 Å². The molecule has 0 bridgehead atoms. The van der Waals surface area contributed by atoms with Crippen molar-refractivity contribution >= 4 is 7.60 Å². The van der Waals surface area contributed by atoms with E-state index in [1.54, 1.807) is 0 Å². The Hall–Kier alpha value is 0.0700. The summed E-state index contributed by atoms with van der Waals surface area (Å²) < 4.78 is 23.9. The van der Waals surface area contributed by atoms with E-state index in [1.165, 1.54) is 14.2 Å². The zero-order chi connectivity index (χ0) is 8.20. The molecule has 0 fully saturated rings. The molecule has 6 heteroatoms. The average molecular weight is 170 g/mol. The van der Waals surface area contributed by atoms with E-state index in [9.17, 15) is 4.57 Å². The lowest BCUT2D eigenvalue weighted by Gasteiger charge is -2.14. The number of rotatable bonds is 4. The predicted octanol–water partition coefficient (Wildman–Crippen LogP) is 0.395. The van der Waals surface area contributed by atoms with E-state index in [0.29, 0.717) is 0 Å². The van der Waals surface area contributed by atoms with Crippen LogP contribution in [-0.2, 0) is 18.6 Å². The largest absolute Gasteiger partial charge is 0.333 e. The third-order valence-electron chi connectivity index (χ3n) is 0.667. The maximum atomic E-state index is 10.5. The van der Waals surface area contributed by atoms with Gasteiger partial charge in [0, 0.05) is 20.9 Å². The van der Waals surface area contributed by atoms with Crippen molar-refractivity contribution in [2.75, 3.05) is 20.9 Å². The summed E-state index contributed by atoms with van der Waals surface area (Å²) in [6.45, 7) is -0.0151.